The summed E-state index contributed by atoms with van der Waals surface area (Å²) in [5, 5.41) is 5.07. The Balaban J connectivity index is 2.09. The van der Waals surface area contributed by atoms with Crippen molar-refractivity contribution in [1.29, 1.82) is 0 Å². The van der Waals surface area contributed by atoms with Crippen LogP contribution in [0.15, 0.2) is 42.5 Å². The Bertz CT molecular complexity index is 651. The molecule has 0 heterocycles. The predicted molar refractivity (Wildman–Crippen MR) is 105 cm³/mol. The maximum Gasteiger partial charge on any atom is 0.173 e. The summed E-state index contributed by atoms with van der Waals surface area (Å²) in [6.07, 6.45) is 1.02. The van der Waals surface area contributed by atoms with Crippen molar-refractivity contribution >= 4 is 46.2 Å². The first-order chi connectivity index (χ1) is 11.0. The van der Waals surface area contributed by atoms with Crippen LogP contribution in [0.3, 0.4) is 0 Å². The quantitative estimate of drug-likeness (QED) is 0.661. The van der Waals surface area contributed by atoms with Gasteiger partial charge in [-0.05, 0) is 49.3 Å². The molecule has 2 aromatic carbocycles. The fraction of sp³-hybridized carbons (Fsp3) is 0.278. The fourth-order valence-electron chi connectivity index (χ4n) is 2.26. The van der Waals surface area contributed by atoms with E-state index in [1.807, 2.05) is 12.1 Å². The van der Waals surface area contributed by atoms with E-state index >= 15 is 0 Å². The van der Waals surface area contributed by atoms with Gasteiger partial charge in [-0.25, -0.2) is 0 Å². The molecule has 0 radical (unpaired) electrons. The molecule has 2 aromatic rings. The molecule has 0 aliphatic heterocycles. The van der Waals surface area contributed by atoms with Crippen LogP contribution >= 0.6 is 35.4 Å². The Labute approximate surface area is 153 Å². The molecule has 5 heteroatoms. The lowest BCUT2D eigenvalue weighted by molar-refractivity contribution is 0.418. The molecule has 0 saturated heterocycles. The highest BCUT2D eigenvalue weighted by Crippen LogP contribution is 2.23. The topological polar surface area (TPSA) is 15.3 Å². The van der Waals surface area contributed by atoms with E-state index in [9.17, 15) is 0 Å². The smallest absolute Gasteiger partial charge is 0.173 e. The second-order valence-electron chi connectivity index (χ2n) is 5.50. The van der Waals surface area contributed by atoms with Crippen molar-refractivity contribution in [2.75, 3.05) is 11.9 Å². The molecule has 0 spiro atoms. The van der Waals surface area contributed by atoms with Gasteiger partial charge in [-0.15, -0.1) is 0 Å². The van der Waals surface area contributed by atoms with E-state index < -0.39 is 0 Å². The van der Waals surface area contributed by atoms with Gasteiger partial charge in [0.1, 0.15) is 0 Å². The first-order valence-electron chi connectivity index (χ1n) is 7.55. The highest BCUT2D eigenvalue weighted by Gasteiger charge is 2.10. The summed E-state index contributed by atoms with van der Waals surface area (Å²) in [4.78, 5) is 2.15. The molecular weight excluding hydrogens is 347 g/mol. The number of anilines is 1. The van der Waals surface area contributed by atoms with Gasteiger partial charge in [-0.2, -0.15) is 0 Å². The first kappa shape index (κ1) is 18.1. The van der Waals surface area contributed by atoms with Crippen LogP contribution < -0.4 is 5.32 Å². The molecule has 2 nitrogen and oxygen atoms in total. The summed E-state index contributed by atoms with van der Waals surface area (Å²) in [7, 11) is 0. The monoisotopic (exact) mass is 366 g/mol. The number of benzene rings is 2. The lowest BCUT2D eigenvalue weighted by Gasteiger charge is -2.26. The fourth-order valence-corrected chi connectivity index (χ4v) is 3.06. The molecule has 0 aliphatic carbocycles. The van der Waals surface area contributed by atoms with E-state index in [-0.39, 0.29) is 0 Å². The SMILES string of the molecule is CCCN(Cc1ccc(C)cc1)C(=S)Nc1cc(Cl)cc(Cl)c1. The maximum atomic E-state index is 6.04. The molecule has 0 saturated carbocycles. The molecule has 0 amide bonds. The predicted octanol–water partition coefficient (Wildman–Crippen LogP) is 5.91. The highest BCUT2D eigenvalue weighted by molar-refractivity contribution is 7.80. The summed E-state index contributed by atoms with van der Waals surface area (Å²) >= 11 is 17.6. The van der Waals surface area contributed by atoms with Gasteiger partial charge in [-0.1, -0.05) is 60.0 Å². The zero-order chi connectivity index (χ0) is 16.8. The average Bonchev–Trinajstić information content (AvgIpc) is 2.48. The molecule has 2 rings (SSSR count). The van der Waals surface area contributed by atoms with E-state index in [1.54, 1.807) is 6.07 Å². The van der Waals surface area contributed by atoms with Crippen LogP contribution in [0.2, 0.25) is 10.0 Å². The molecule has 0 aliphatic rings. The molecule has 0 unspecified atom stereocenters. The Morgan fingerprint density at radius 3 is 2.26 bits per heavy atom. The van der Waals surface area contributed by atoms with Crippen LogP contribution in [0.5, 0.6) is 0 Å². The van der Waals surface area contributed by atoms with E-state index in [1.165, 1.54) is 11.1 Å². The van der Waals surface area contributed by atoms with Crippen LogP contribution in [-0.2, 0) is 6.54 Å². The number of aryl methyl sites for hydroxylation is 1. The van der Waals surface area contributed by atoms with Gasteiger partial charge in [0.25, 0.3) is 0 Å². The summed E-state index contributed by atoms with van der Waals surface area (Å²) in [5.74, 6) is 0. The summed E-state index contributed by atoms with van der Waals surface area (Å²) in [6.45, 7) is 5.88. The normalized spacial score (nSPS) is 10.4. The van der Waals surface area contributed by atoms with Gasteiger partial charge in [0, 0.05) is 28.8 Å². The number of halogens is 2. The largest absolute Gasteiger partial charge is 0.345 e. The zero-order valence-electron chi connectivity index (χ0n) is 13.3. The Morgan fingerprint density at radius 2 is 1.70 bits per heavy atom. The van der Waals surface area contributed by atoms with Gasteiger partial charge in [0.2, 0.25) is 0 Å². The van der Waals surface area contributed by atoms with E-state index in [0.29, 0.717) is 15.2 Å². The van der Waals surface area contributed by atoms with Crippen molar-refractivity contribution in [3.05, 3.63) is 63.6 Å². The van der Waals surface area contributed by atoms with E-state index in [0.717, 1.165) is 25.2 Å². The maximum absolute atomic E-state index is 6.04. The van der Waals surface area contributed by atoms with E-state index in [2.05, 4.69) is 48.3 Å². The van der Waals surface area contributed by atoms with Crippen LogP contribution in [0, 0.1) is 6.92 Å². The van der Waals surface area contributed by atoms with Crippen molar-refractivity contribution in [2.24, 2.45) is 0 Å². The minimum atomic E-state index is 0.586. The Kier molecular flexibility index (Phi) is 6.70. The molecule has 0 atom stereocenters. The Hall–Kier alpha value is -1.29. The number of nitrogens with one attached hydrogen (secondary N) is 1. The lowest BCUT2D eigenvalue weighted by atomic mass is 10.1. The van der Waals surface area contributed by atoms with Gasteiger partial charge >= 0.3 is 0 Å². The van der Waals surface area contributed by atoms with Crippen LogP contribution in [0.4, 0.5) is 5.69 Å². The van der Waals surface area contributed by atoms with Crippen molar-refractivity contribution in [3.63, 3.8) is 0 Å². The number of thiocarbonyl (C=S) groups is 1. The van der Waals surface area contributed by atoms with Crippen molar-refractivity contribution in [2.45, 2.75) is 26.8 Å². The minimum absolute atomic E-state index is 0.586. The van der Waals surface area contributed by atoms with Crippen LogP contribution in [0.1, 0.15) is 24.5 Å². The number of rotatable bonds is 5. The van der Waals surface area contributed by atoms with E-state index in [4.69, 9.17) is 35.4 Å². The number of nitrogens with zero attached hydrogens (tertiary/aromatic N) is 1. The lowest BCUT2D eigenvalue weighted by Crippen LogP contribution is -2.34. The van der Waals surface area contributed by atoms with Crippen molar-refractivity contribution < 1.29 is 0 Å². The van der Waals surface area contributed by atoms with Crippen LogP contribution in [-0.4, -0.2) is 16.6 Å². The van der Waals surface area contributed by atoms with Crippen molar-refractivity contribution in [1.82, 2.24) is 4.90 Å². The molecule has 23 heavy (non-hydrogen) atoms. The molecule has 0 bridgehead atoms. The summed E-state index contributed by atoms with van der Waals surface area (Å²) in [5.41, 5.74) is 3.29. The standard InChI is InChI=1S/C18H20Cl2N2S/c1-3-8-22(12-14-6-4-13(2)5-7-14)18(23)21-17-10-15(19)9-16(20)11-17/h4-7,9-11H,3,8,12H2,1-2H3,(H,21,23). The molecule has 0 fully saturated rings. The van der Waals surface area contributed by atoms with Gasteiger partial charge in [-0.3, -0.25) is 0 Å². The average molecular weight is 367 g/mol. The highest BCUT2D eigenvalue weighted by atomic mass is 35.5. The second kappa shape index (κ2) is 8.53. The Morgan fingerprint density at radius 1 is 1.09 bits per heavy atom. The number of hydrogen-bond acceptors (Lipinski definition) is 1. The summed E-state index contributed by atoms with van der Waals surface area (Å²) < 4.78 is 0. The summed E-state index contributed by atoms with van der Waals surface area (Å²) in [6, 6.07) is 13.8. The molecular formula is C18H20Cl2N2S. The number of hydrogen-bond donors (Lipinski definition) is 1. The van der Waals surface area contributed by atoms with Gasteiger partial charge < -0.3 is 10.2 Å². The zero-order valence-corrected chi connectivity index (χ0v) is 15.6. The molecule has 122 valence electrons. The third-order valence-corrected chi connectivity index (χ3v) is 4.19. The second-order valence-corrected chi connectivity index (χ2v) is 6.75. The van der Waals surface area contributed by atoms with Gasteiger partial charge in [0.15, 0.2) is 5.11 Å². The molecule has 1 N–H and O–H groups in total. The van der Waals surface area contributed by atoms with Gasteiger partial charge in [0.05, 0.1) is 0 Å². The molecule has 0 aromatic heterocycles. The van der Waals surface area contributed by atoms with Crippen molar-refractivity contribution in [3.8, 4) is 0 Å². The minimum Gasteiger partial charge on any atom is -0.345 e. The first-order valence-corrected chi connectivity index (χ1v) is 8.72. The third-order valence-electron chi connectivity index (χ3n) is 3.39. The third kappa shape index (κ3) is 5.69. The van der Waals surface area contributed by atoms with Crippen LogP contribution in [0.25, 0.3) is 0 Å².